The second kappa shape index (κ2) is 7.26. The Morgan fingerprint density at radius 1 is 1.27 bits per heavy atom. The van der Waals surface area contributed by atoms with Gasteiger partial charge in [0.15, 0.2) is 0 Å². The molecule has 0 aliphatic heterocycles. The molecule has 0 radical (unpaired) electrons. The lowest BCUT2D eigenvalue weighted by Crippen LogP contribution is -2.29. The molecular weight excluding hydrogens is 303 g/mol. The molecule has 1 aromatic carbocycles. The Balaban J connectivity index is 1.88. The fraction of sp³-hybridized carbons (Fsp3) is 0.250. The van der Waals surface area contributed by atoms with Crippen LogP contribution in [-0.2, 0) is 11.3 Å². The Labute approximate surface area is 132 Å². The lowest BCUT2D eigenvalue weighted by molar-refractivity contribution is -0.118. The molecule has 6 heteroatoms. The Hall–Kier alpha value is -2.08. The van der Waals surface area contributed by atoms with Gasteiger partial charge in [0.25, 0.3) is 5.56 Å². The molecule has 0 saturated carbocycles. The molecule has 116 valence electrons. The first kappa shape index (κ1) is 16.3. The Morgan fingerprint density at radius 3 is 2.59 bits per heavy atom. The van der Waals surface area contributed by atoms with Gasteiger partial charge in [0.05, 0.1) is 5.75 Å². The molecule has 2 aromatic rings. The van der Waals surface area contributed by atoms with Crippen LogP contribution in [0.4, 0.5) is 4.39 Å². The first-order chi connectivity index (χ1) is 10.5. The van der Waals surface area contributed by atoms with Crippen molar-refractivity contribution in [2.45, 2.75) is 25.3 Å². The van der Waals surface area contributed by atoms with E-state index in [4.69, 9.17) is 0 Å². The maximum atomic E-state index is 12.8. The highest BCUT2D eigenvalue weighted by atomic mass is 32.2. The van der Waals surface area contributed by atoms with E-state index >= 15 is 0 Å². The van der Waals surface area contributed by atoms with Gasteiger partial charge >= 0.3 is 0 Å². The summed E-state index contributed by atoms with van der Waals surface area (Å²) in [5, 5.41) is 2.73. The van der Waals surface area contributed by atoms with Crippen LogP contribution in [0.15, 0.2) is 40.0 Å². The van der Waals surface area contributed by atoms with E-state index in [0.717, 1.165) is 16.2 Å². The standard InChI is InChI=1S/C16H17FN2O2S/c1-10-7-11(2)19-16(21)14(10)8-18-15(20)9-22-13-5-3-12(17)4-6-13/h3-7H,8-9H2,1-2H3,(H,18,20)(H,19,21). The molecule has 0 fully saturated rings. The number of aromatic nitrogens is 1. The van der Waals surface area contributed by atoms with E-state index in [-0.39, 0.29) is 29.6 Å². The number of hydrogen-bond acceptors (Lipinski definition) is 3. The molecule has 0 spiro atoms. The van der Waals surface area contributed by atoms with Crippen molar-refractivity contribution in [3.05, 3.63) is 63.3 Å². The fourth-order valence-corrected chi connectivity index (χ4v) is 2.75. The highest BCUT2D eigenvalue weighted by Gasteiger charge is 2.08. The number of rotatable bonds is 5. The van der Waals surface area contributed by atoms with E-state index in [0.29, 0.717) is 5.56 Å². The number of hydrogen-bond donors (Lipinski definition) is 2. The van der Waals surface area contributed by atoms with Crippen molar-refractivity contribution in [1.82, 2.24) is 10.3 Å². The minimum absolute atomic E-state index is 0.173. The predicted molar refractivity (Wildman–Crippen MR) is 85.5 cm³/mol. The summed E-state index contributed by atoms with van der Waals surface area (Å²) in [6.45, 7) is 3.86. The highest BCUT2D eigenvalue weighted by Crippen LogP contribution is 2.17. The monoisotopic (exact) mass is 320 g/mol. The number of aryl methyl sites for hydroxylation is 2. The Morgan fingerprint density at radius 2 is 1.95 bits per heavy atom. The third kappa shape index (κ3) is 4.46. The smallest absolute Gasteiger partial charge is 0.253 e. The first-order valence-corrected chi connectivity index (χ1v) is 7.79. The second-order valence-electron chi connectivity index (χ2n) is 4.96. The normalized spacial score (nSPS) is 10.5. The zero-order valence-corrected chi connectivity index (χ0v) is 13.2. The number of nitrogens with one attached hydrogen (secondary N) is 2. The van der Waals surface area contributed by atoms with Gasteiger partial charge in [-0.25, -0.2) is 4.39 Å². The number of aromatic amines is 1. The van der Waals surface area contributed by atoms with Crippen molar-refractivity contribution >= 4 is 17.7 Å². The molecule has 0 atom stereocenters. The van der Waals surface area contributed by atoms with Gasteiger partial charge in [0, 0.05) is 22.7 Å². The third-order valence-corrected chi connectivity index (χ3v) is 4.15. The van der Waals surface area contributed by atoms with E-state index in [9.17, 15) is 14.0 Å². The number of carbonyl (C=O) groups excluding carboxylic acids is 1. The Kier molecular flexibility index (Phi) is 5.38. The number of benzene rings is 1. The Bertz CT molecular complexity index is 726. The third-order valence-electron chi connectivity index (χ3n) is 3.14. The van der Waals surface area contributed by atoms with Crippen molar-refractivity contribution in [2.24, 2.45) is 0 Å². The summed E-state index contributed by atoms with van der Waals surface area (Å²) in [5.41, 5.74) is 2.03. The molecule has 4 nitrogen and oxygen atoms in total. The SMILES string of the molecule is Cc1cc(C)c(CNC(=O)CSc2ccc(F)cc2)c(=O)[nH]1. The molecule has 22 heavy (non-hydrogen) atoms. The van der Waals surface area contributed by atoms with Crippen LogP contribution in [0, 0.1) is 19.7 Å². The predicted octanol–water partition coefficient (Wildman–Crippen LogP) is 2.54. The maximum Gasteiger partial charge on any atom is 0.253 e. The lowest BCUT2D eigenvalue weighted by atomic mass is 10.1. The summed E-state index contributed by atoms with van der Waals surface area (Å²) in [7, 11) is 0. The van der Waals surface area contributed by atoms with Gasteiger partial charge in [0.1, 0.15) is 5.82 Å². The molecule has 0 aliphatic rings. The number of pyridine rings is 1. The average molecular weight is 320 g/mol. The van der Waals surface area contributed by atoms with E-state index in [2.05, 4.69) is 10.3 Å². The summed E-state index contributed by atoms with van der Waals surface area (Å²) in [4.78, 5) is 27.2. The zero-order valence-electron chi connectivity index (χ0n) is 12.4. The molecule has 0 unspecified atom stereocenters. The van der Waals surface area contributed by atoms with Crippen LogP contribution in [-0.4, -0.2) is 16.6 Å². The summed E-state index contributed by atoms with van der Waals surface area (Å²) in [5.74, 6) is -0.259. The van der Waals surface area contributed by atoms with Crippen molar-refractivity contribution < 1.29 is 9.18 Å². The van der Waals surface area contributed by atoms with Crippen LogP contribution in [0.25, 0.3) is 0 Å². The van der Waals surface area contributed by atoms with Gasteiger partial charge in [-0.05, 0) is 49.7 Å². The van der Waals surface area contributed by atoms with Gasteiger partial charge in [-0.15, -0.1) is 11.8 Å². The summed E-state index contributed by atoms with van der Waals surface area (Å²) in [6, 6.07) is 7.84. The minimum Gasteiger partial charge on any atom is -0.351 e. The van der Waals surface area contributed by atoms with Crippen molar-refractivity contribution in [3.63, 3.8) is 0 Å². The van der Waals surface area contributed by atoms with Gasteiger partial charge in [-0.1, -0.05) is 0 Å². The minimum atomic E-state index is -0.303. The molecule has 2 N–H and O–H groups in total. The second-order valence-corrected chi connectivity index (χ2v) is 6.01. The van der Waals surface area contributed by atoms with Gasteiger partial charge in [-0.2, -0.15) is 0 Å². The van der Waals surface area contributed by atoms with E-state index in [1.165, 1.54) is 23.9 Å². The van der Waals surface area contributed by atoms with Crippen LogP contribution >= 0.6 is 11.8 Å². The fourth-order valence-electron chi connectivity index (χ4n) is 2.02. The van der Waals surface area contributed by atoms with Crippen molar-refractivity contribution in [2.75, 3.05) is 5.75 Å². The van der Waals surface area contributed by atoms with Gasteiger partial charge in [0.2, 0.25) is 5.91 Å². The molecule has 1 aromatic heterocycles. The molecular formula is C16H17FN2O2S. The van der Waals surface area contributed by atoms with Crippen LogP contribution in [0.3, 0.4) is 0 Å². The molecule has 0 bridgehead atoms. The van der Waals surface area contributed by atoms with Crippen molar-refractivity contribution in [3.8, 4) is 0 Å². The van der Waals surface area contributed by atoms with E-state index < -0.39 is 0 Å². The van der Waals surface area contributed by atoms with E-state index in [1.807, 2.05) is 19.9 Å². The van der Waals surface area contributed by atoms with Crippen molar-refractivity contribution in [1.29, 1.82) is 0 Å². The maximum absolute atomic E-state index is 12.8. The van der Waals surface area contributed by atoms with Gasteiger partial charge < -0.3 is 10.3 Å². The summed E-state index contributed by atoms with van der Waals surface area (Å²) < 4.78 is 12.8. The quantitative estimate of drug-likeness (QED) is 0.832. The number of thioether (sulfide) groups is 1. The van der Waals surface area contributed by atoms with E-state index in [1.54, 1.807) is 12.1 Å². The molecule has 1 heterocycles. The lowest BCUT2D eigenvalue weighted by Gasteiger charge is -2.08. The summed E-state index contributed by atoms with van der Waals surface area (Å²) >= 11 is 1.32. The number of halogens is 1. The molecule has 2 rings (SSSR count). The molecule has 0 aliphatic carbocycles. The number of carbonyl (C=O) groups is 1. The molecule has 0 saturated heterocycles. The highest BCUT2D eigenvalue weighted by molar-refractivity contribution is 8.00. The van der Waals surface area contributed by atoms with Crippen LogP contribution in [0.5, 0.6) is 0 Å². The first-order valence-electron chi connectivity index (χ1n) is 6.80. The topological polar surface area (TPSA) is 62.0 Å². The van der Waals surface area contributed by atoms with Crippen LogP contribution < -0.4 is 10.9 Å². The van der Waals surface area contributed by atoms with Gasteiger partial charge in [-0.3, -0.25) is 9.59 Å². The van der Waals surface area contributed by atoms with Crippen LogP contribution in [0.2, 0.25) is 0 Å². The zero-order chi connectivity index (χ0) is 16.1. The number of amides is 1. The number of H-pyrrole nitrogens is 1. The average Bonchev–Trinajstić information content (AvgIpc) is 2.45. The van der Waals surface area contributed by atoms with Crippen LogP contribution in [0.1, 0.15) is 16.8 Å². The largest absolute Gasteiger partial charge is 0.351 e. The molecule has 1 amide bonds. The summed E-state index contributed by atoms with van der Waals surface area (Å²) in [6.07, 6.45) is 0.